The second kappa shape index (κ2) is 4.50. The van der Waals surface area contributed by atoms with Gasteiger partial charge in [-0.3, -0.25) is 0 Å². The summed E-state index contributed by atoms with van der Waals surface area (Å²) >= 11 is 3.55. The lowest BCUT2D eigenvalue weighted by molar-refractivity contribution is 0.438. The highest BCUT2D eigenvalue weighted by atomic mass is 79.9. The third kappa shape index (κ3) is 2.05. The summed E-state index contributed by atoms with van der Waals surface area (Å²) < 4.78 is 1.22. The first-order chi connectivity index (χ1) is 7.83. The van der Waals surface area contributed by atoms with Crippen LogP contribution in [-0.4, -0.2) is 6.04 Å². The first-order valence-corrected chi connectivity index (χ1v) is 7.16. The van der Waals surface area contributed by atoms with Crippen LogP contribution in [0.2, 0.25) is 0 Å². The second-order valence-electron chi connectivity index (χ2n) is 5.08. The van der Waals surface area contributed by atoms with Crippen LogP contribution in [0.3, 0.4) is 0 Å². The van der Waals surface area contributed by atoms with Crippen LogP contribution in [0.1, 0.15) is 49.3 Å². The summed E-state index contributed by atoms with van der Waals surface area (Å²) in [6.07, 6.45) is 8.10. The quantitative estimate of drug-likeness (QED) is 0.864. The molecule has 1 saturated carbocycles. The summed E-state index contributed by atoms with van der Waals surface area (Å²) in [6, 6.07) is 8.14. The Kier molecular flexibility index (Phi) is 3.03. The first-order valence-electron chi connectivity index (χ1n) is 6.37. The van der Waals surface area contributed by atoms with Crippen LogP contribution in [0.15, 0.2) is 22.7 Å². The molecule has 1 unspecified atom stereocenters. The monoisotopic (exact) mass is 279 g/mol. The highest BCUT2D eigenvalue weighted by Crippen LogP contribution is 2.34. The molecule has 86 valence electrons. The average Bonchev–Trinajstić information content (AvgIpc) is 2.89. The van der Waals surface area contributed by atoms with E-state index in [0.29, 0.717) is 6.04 Å². The molecule has 1 N–H and O–H groups in total. The third-order valence-electron chi connectivity index (χ3n) is 3.97. The van der Waals surface area contributed by atoms with E-state index in [1.165, 1.54) is 54.1 Å². The minimum atomic E-state index is 0.617. The summed E-state index contributed by atoms with van der Waals surface area (Å²) in [6.45, 7) is 0. The van der Waals surface area contributed by atoms with Gasteiger partial charge in [0.1, 0.15) is 0 Å². The van der Waals surface area contributed by atoms with Crippen molar-refractivity contribution in [3.05, 3.63) is 33.8 Å². The number of hydrogen-bond acceptors (Lipinski definition) is 1. The van der Waals surface area contributed by atoms with Gasteiger partial charge in [-0.2, -0.15) is 0 Å². The highest BCUT2D eigenvalue weighted by molar-refractivity contribution is 9.10. The molecule has 1 aromatic rings. The van der Waals surface area contributed by atoms with E-state index in [1.807, 2.05) is 0 Å². The molecule has 2 aliphatic carbocycles. The molecule has 0 heterocycles. The normalized spacial score (nSPS) is 24.9. The van der Waals surface area contributed by atoms with Gasteiger partial charge >= 0.3 is 0 Å². The Morgan fingerprint density at radius 3 is 2.75 bits per heavy atom. The van der Waals surface area contributed by atoms with E-state index < -0.39 is 0 Å². The van der Waals surface area contributed by atoms with E-state index in [4.69, 9.17) is 0 Å². The van der Waals surface area contributed by atoms with E-state index in [1.54, 1.807) is 0 Å². The minimum Gasteiger partial charge on any atom is -0.307 e. The fourth-order valence-corrected chi connectivity index (χ4v) is 3.54. The van der Waals surface area contributed by atoms with Crippen LogP contribution in [-0.2, 0) is 6.42 Å². The molecule has 1 aromatic carbocycles. The summed E-state index contributed by atoms with van der Waals surface area (Å²) in [5.74, 6) is 0. The van der Waals surface area contributed by atoms with Gasteiger partial charge in [0, 0.05) is 16.6 Å². The Labute approximate surface area is 106 Å². The molecule has 0 amide bonds. The van der Waals surface area contributed by atoms with Gasteiger partial charge < -0.3 is 5.32 Å². The maximum atomic E-state index is 3.84. The van der Waals surface area contributed by atoms with E-state index in [0.717, 1.165) is 6.04 Å². The maximum Gasteiger partial charge on any atom is 0.0328 e. The van der Waals surface area contributed by atoms with Crippen LogP contribution < -0.4 is 5.32 Å². The van der Waals surface area contributed by atoms with E-state index in [-0.39, 0.29) is 0 Å². The zero-order valence-electron chi connectivity index (χ0n) is 9.51. The Balaban J connectivity index is 1.75. The zero-order valence-corrected chi connectivity index (χ0v) is 11.1. The number of halogens is 1. The molecule has 0 spiro atoms. The molecular weight excluding hydrogens is 262 g/mol. The molecule has 1 nitrogen and oxygen atoms in total. The van der Waals surface area contributed by atoms with Gasteiger partial charge in [0.05, 0.1) is 0 Å². The predicted octanol–water partition coefficient (Wildman–Crippen LogP) is 3.97. The van der Waals surface area contributed by atoms with Gasteiger partial charge in [0.2, 0.25) is 0 Å². The van der Waals surface area contributed by atoms with Gasteiger partial charge in [0.15, 0.2) is 0 Å². The summed E-state index contributed by atoms with van der Waals surface area (Å²) in [4.78, 5) is 0. The molecule has 16 heavy (non-hydrogen) atoms. The number of fused-ring (bicyclic) bond motifs is 1. The largest absolute Gasteiger partial charge is 0.307 e. The number of hydrogen-bond donors (Lipinski definition) is 1. The zero-order chi connectivity index (χ0) is 11.0. The Morgan fingerprint density at radius 2 is 1.94 bits per heavy atom. The van der Waals surface area contributed by atoms with E-state index in [9.17, 15) is 0 Å². The molecule has 0 aromatic heterocycles. The van der Waals surface area contributed by atoms with Crippen molar-refractivity contribution in [1.29, 1.82) is 0 Å². The molecule has 1 fully saturated rings. The van der Waals surface area contributed by atoms with Gasteiger partial charge in [-0.1, -0.05) is 34.8 Å². The van der Waals surface area contributed by atoms with Crippen LogP contribution in [0.5, 0.6) is 0 Å². The molecule has 2 heteroatoms. The summed E-state index contributed by atoms with van der Waals surface area (Å²) in [7, 11) is 0. The standard InChI is InChI=1S/C14H18BrN/c15-11-6-7-13-10(9-11)5-8-14(13)16-12-3-1-2-4-12/h6-7,9,12,14,16H,1-5,8H2. The van der Waals surface area contributed by atoms with E-state index in [2.05, 4.69) is 39.4 Å². The molecule has 0 bridgehead atoms. The number of benzene rings is 1. The average molecular weight is 280 g/mol. The number of nitrogens with one attached hydrogen (secondary N) is 1. The molecule has 0 radical (unpaired) electrons. The molecule has 1 atom stereocenters. The Bertz CT molecular complexity index is 382. The lowest BCUT2D eigenvalue weighted by Crippen LogP contribution is -2.29. The van der Waals surface area contributed by atoms with Gasteiger partial charge in [0.25, 0.3) is 0 Å². The van der Waals surface area contributed by atoms with Crippen molar-refractivity contribution < 1.29 is 0 Å². The molecular formula is C14H18BrN. The summed E-state index contributed by atoms with van der Waals surface area (Å²) in [5.41, 5.74) is 3.07. The molecule has 2 aliphatic rings. The lowest BCUT2D eigenvalue weighted by atomic mass is 10.1. The molecule has 0 aliphatic heterocycles. The fraction of sp³-hybridized carbons (Fsp3) is 0.571. The van der Waals surface area contributed by atoms with Crippen LogP contribution >= 0.6 is 15.9 Å². The Morgan fingerprint density at radius 1 is 1.12 bits per heavy atom. The SMILES string of the molecule is Brc1ccc2c(c1)CCC2NC1CCCC1. The van der Waals surface area contributed by atoms with Crippen molar-refractivity contribution in [3.63, 3.8) is 0 Å². The van der Waals surface area contributed by atoms with Crippen LogP contribution in [0, 0.1) is 0 Å². The lowest BCUT2D eigenvalue weighted by Gasteiger charge is -2.19. The van der Waals surface area contributed by atoms with Crippen molar-refractivity contribution in [2.45, 2.75) is 50.6 Å². The van der Waals surface area contributed by atoms with Crippen LogP contribution in [0.4, 0.5) is 0 Å². The van der Waals surface area contributed by atoms with Gasteiger partial charge in [-0.25, -0.2) is 0 Å². The smallest absolute Gasteiger partial charge is 0.0328 e. The first kappa shape index (κ1) is 10.8. The Hall–Kier alpha value is -0.340. The molecule has 3 rings (SSSR count). The predicted molar refractivity (Wildman–Crippen MR) is 70.6 cm³/mol. The molecule has 0 saturated heterocycles. The van der Waals surface area contributed by atoms with Crippen molar-refractivity contribution >= 4 is 15.9 Å². The number of aryl methyl sites for hydroxylation is 1. The van der Waals surface area contributed by atoms with E-state index >= 15 is 0 Å². The highest BCUT2D eigenvalue weighted by Gasteiger charge is 2.25. The van der Waals surface area contributed by atoms with Gasteiger partial charge in [-0.05, 0) is 48.9 Å². The fourth-order valence-electron chi connectivity index (χ4n) is 3.14. The van der Waals surface area contributed by atoms with Crippen molar-refractivity contribution in [3.8, 4) is 0 Å². The van der Waals surface area contributed by atoms with Gasteiger partial charge in [-0.15, -0.1) is 0 Å². The van der Waals surface area contributed by atoms with Crippen LogP contribution in [0.25, 0.3) is 0 Å². The summed E-state index contributed by atoms with van der Waals surface area (Å²) in [5, 5.41) is 3.84. The second-order valence-corrected chi connectivity index (χ2v) is 6.00. The topological polar surface area (TPSA) is 12.0 Å². The number of rotatable bonds is 2. The van der Waals surface area contributed by atoms with Crippen molar-refractivity contribution in [2.75, 3.05) is 0 Å². The van der Waals surface area contributed by atoms with Crippen molar-refractivity contribution in [2.24, 2.45) is 0 Å². The maximum absolute atomic E-state index is 3.84. The minimum absolute atomic E-state index is 0.617. The third-order valence-corrected chi connectivity index (χ3v) is 4.47. The van der Waals surface area contributed by atoms with Crippen molar-refractivity contribution in [1.82, 2.24) is 5.32 Å².